The number of rotatable bonds is 2. The van der Waals surface area contributed by atoms with E-state index in [0.29, 0.717) is 17.9 Å². The number of carbonyl (C=O) groups excluding carboxylic acids is 1. The van der Waals surface area contributed by atoms with Crippen molar-refractivity contribution in [3.63, 3.8) is 0 Å². The molecule has 3 rings (SSSR count). The van der Waals surface area contributed by atoms with Crippen LogP contribution in [0.3, 0.4) is 0 Å². The van der Waals surface area contributed by atoms with Crippen LogP contribution in [0, 0.1) is 5.92 Å². The second-order valence-corrected chi connectivity index (χ2v) is 5.31. The Labute approximate surface area is 113 Å². The van der Waals surface area contributed by atoms with Crippen molar-refractivity contribution in [3.8, 4) is 0 Å². The van der Waals surface area contributed by atoms with Crippen molar-refractivity contribution in [1.82, 2.24) is 4.90 Å². The molecule has 0 radical (unpaired) electrons. The number of nitrogens with zero attached hydrogens (tertiary/aromatic N) is 1. The van der Waals surface area contributed by atoms with Crippen LogP contribution in [0.15, 0.2) is 43.0 Å². The van der Waals surface area contributed by atoms with Crippen molar-refractivity contribution in [2.24, 2.45) is 5.92 Å². The molecule has 0 aliphatic carbocycles. The van der Waals surface area contributed by atoms with Gasteiger partial charge in [-0.2, -0.15) is 0 Å². The van der Waals surface area contributed by atoms with Crippen LogP contribution in [0.5, 0.6) is 0 Å². The Morgan fingerprint density at radius 1 is 1.37 bits per heavy atom. The highest BCUT2D eigenvalue weighted by atomic mass is 16.5. The number of hydrogen-bond donors (Lipinski definition) is 0. The lowest BCUT2D eigenvalue weighted by Gasteiger charge is -2.32. The van der Waals surface area contributed by atoms with Gasteiger partial charge >= 0.3 is 0 Å². The van der Waals surface area contributed by atoms with E-state index in [-0.39, 0.29) is 5.91 Å². The molecule has 0 aromatic heterocycles. The molecule has 1 aromatic rings. The monoisotopic (exact) mass is 257 g/mol. The van der Waals surface area contributed by atoms with Gasteiger partial charge in [0.15, 0.2) is 0 Å². The molecule has 2 aliphatic heterocycles. The Kier molecular flexibility index (Phi) is 3.38. The molecule has 1 amide bonds. The van der Waals surface area contributed by atoms with Crippen LogP contribution in [0.25, 0.3) is 0 Å². The highest BCUT2D eigenvalue weighted by molar-refractivity contribution is 5.87. The molecule has 100 valence electrons. The fourth-order valence-corrected chi connectivity index (χ4v) is 3.43. The van der Waals surface area contributed by atoms with Crippen molar-refractivity contribution in [2.75, 3.05) is 19.8 Å². The Morgan fingerprint density at radius 3 is 2.89 bits per heavy atom. The molecule has 1 aromatic carbocycles. The van der Waals surface area contributed by atoms with Crippen molar-refractivity contribution in [1.29, 1.82) is 0 Å². The van der Waals surface area contributed by atoms with Gasteiger partial charge in [-0.3, -0.25) is 4.79 Å². The minimum atomic E-state index is 0.0512. The Hall–Kier alpha value is -1.61. The molecule has 3 atom stereocenters. The van der Waals surface area contributed by atoms with Crippen molar-refractivity contribution in [2.45, 2.75) is 18.4 Å². The molecule has 3 unspecified atom stereocenters. The largest absolute Gasteiger partial charge is 0.381 e. The van der Waals surface area contributed by atoms with Gasteiger partial charge in [0.25, 0.3) is 0 Å². The number of benzene rings is 1. The van der Waals surface area contributed by atoms with E-state index in [2.05, 4.69) is 30.8 Å². The van der Waals surface area contributed by atoms with Crippen LogP contribution in [0.4, 0.5) is 0 Å². The molecule has 2 heterocycles. The number of likely N-dealkylation sites (tertiary alicyclic amines) is 1. The molecular formula is C16H19NO2. The fraction of sp³-hybridized carbons (Fsp3) is 0.438. The van der Waals surface area contributed by atoms with Gasteiger partial charge in [-0.05, 0) is 18.1 Å². The Balaban J connectivity index is 1.89. The minimum Gasteiger partial charge on any atom is -0.381 e. The summed E-state index contributed by atoms with van der Waals surface area (Å²) in [5.74, 6) is 0.853. The summed E-state index contributed by atoms with van der Waals surface area (Å²) >= 11 is 0. The zero-order valence-corrected chi connectivity index (χ0v) is 11.0. The average molecular weight is 257 g/mol. The van der Waals surface area contributed by atoms with E-state index >= 15 is 0 Å². The molecule has 0 spiro atoms. The molecular weight excluding hydrogens is 238 g/mol. The van der Waals surface area contributed by atoms with Gasteiger partial charge in [0.1, 0.15) is 0 Å². The van der Waals surface area contributed by atoms with Gasteiger partial charge in [0.05, 0.1) is 6.61 Å². The van der Waals surface area contributed by atoms with Gasteiger partial charge in [-0.15, -0.1) is 0 Å². The topological polar surface area (TPSA) is 29.5 Å². The zero-order chi connectivity index (χ0) is 13.2. The highest BCUT2D eigenvalue weighted by Gasteiger charge is 2.45. The third-order valence-corrected chi connectivity index (χ3v) is 4.36. The fourth-order valence-electron chi connectivity index (χ4n) is 3.43. The predicted octanol–water partition coefficient (Wildman–Crippen LogP) is 2.20. The molecule has 0 saturated carbocycles. The average Bonchev–Trinajstić information content (AvgIpc) is 2.87. The van der Waals surface area contributed by atoms with E-state index in [0.717, 1.165) is 26.2 Å². The van der Waals surface area contributed by atoms with Crippen LogP contribution in [-0.2, 0) is 9.53 Å². The van der Waals surface area contributed by atoms with E-state index in [1.54, 1.807) is 0 Å². The second-order valence-electron chi connectivity index (χ2n) is 5.31. The summed E-state index contributed by atoms with van der Waals surface area (Å²) in [6.45, 7) is 5.91. The number of hydrogen-bond acceptors (Lipinski definition) is 2. The Bertz CT molecular complexity index is 471. The van der Waals surface area contributed by atoms with Crippen molar-refractivity contribution < 1.29 is 9.53 Å². The highest BCUT2D eigenvalue weighted by Crippen LogP contribution is 2.40. The standard InChI is InChI=1S/C16H19NO2/c1-2-16(18)17-10-13(12-6-4-3-5-7-12)14-11-19-9-8-15(14)17/h2-7,13-15H,1,8-11H2. The van der Waals surface area contributed by atoms with Gasteiger partial charge < -0.3 is 9.64 Å². The first-order valence-corrected chi connectivity index (χ1v) is 6.87. The van der Waals surface area contributed by atoms with Crippen LogP contribution in [0.1, 0.15) is 17.9 Å². The molecule has 3 nitrogen and oxygen atoms in total. The summed E-state index contributed by atoms with van der Waals surface area (Å²) in [5.41, 5.74) is 1.31. The maximum atomic E-state index is 12.0. The summed E-state index contributed by atoms with van der Waals surface area (Å²) in [6.07, 6.45) is 2.37. The van der Waals surface area contributed by atoms with E-state index in [1.165, 1.54) is 11.6 Å². The van der Waals surface area contributed by atoms with Gasteiger partial charge in [-0.1, -0.05) is 36.9 Å². The van der Waals surface area contributed by atoms with Gasteiger partial charge in [0, 0.05) is 31.0 Å². The summed E-state index contributed by atoms with van der Waals surface area (Å²) in [6, 6.07) is 10.8. The number of fused-ring (bicyclic) bond motifs is 1. The second kappa shape index (κ2) is 5.17. The maximum Gasteiger partial charge on any atom is 0.246 e. The summed E-state index contributed by atoms with van der Waals surface area (Å²) in [7, 11) is 0. The van der Waals surface area contributed by atoms with Gasteiger partial charge in [-0.25, -0.2) is 0 Å². The third kappa shape index (κ3) is 2.19. The number of carbonyl (C=O) groups is 1. The van der Waals surface area contributed by atoms with Crippen LogP contribution >= 0.6 is 0 Å². The molecule has 0 N–H and O–H groups in total. The zero-order valence-electron chi connectivity index (χ0n) is 11.0. The lowest BCUT2D eigenvalue weighted by atomic mass is 9.84. The van der Waals surface area contributed by atoms with Gasteiger partial charge in [0.2, 0.25) is 5.91 Å². The molecule has 2 aliphatic rings. The van der Waals surface area contributed by atoms with Crippen molar-refractivity contribution in [3.05, 3.63) is 48.6 Å². The molecule has 0 bridgehead atoms. The third-order valence-electron chi connectivity index (χ3n) is 4.36. The predicted molar refractivity (Wildman–Crippen MR) is 73.8 cm³/mol. The maximum absolute atomic E-state index is 12.0. The van der Waals surface area contributed by atoms with Crippen LogP contribution in [0.2, 0.25) is 0 Å². The van der Waals surface area contributed by atoms with E-state index in [4.69, 9.17) is 4.74 Å². The summed E-state index contributed by atoms with van der Waals surface area (Å²) in [4.78, 5) is 14.0. The first kappa shape index (κ1) is 12.4. The van der Waals surface area contributed by atoms with E-state index in [9.17, 15) is 4.79 Å². The first-order chi connectivity index (χ1) is 9.31. The minimum absolute atomic E-state index is 0.0512. The quantitative estimate of drug-likeness (QED) is 0.760. The molecule has 2 saturated heterocycles. The summed E-state index contributed by atoms with van der Waals surface area (Å²) in [5, 5.41) is 0. The van der Waals surface area contributed by atoms with E-state index < -0.39 is 0 Å². The smallest absolute Gasteiger partial charge is 0.246 e. The molecule has 2 fully saturated rings. The normalized spacial score (nSPS) is 29.9. The number of amides is 1. The lowest BCUT2D eigenvalue weighted by molar-refractivity contribution is -0.128. The van der Waals surface area contributed by atoms with Crippen LogP contribution < -0.4 is 0 Å². The molecule has 19 heavy (non-hydrogen) atoms. The van der Waals surface area contributed by atoms with Crippen molar-refractivity contribution >= 4 is 5.91 Å². The van der Waals surface area contributed by atoms with E-state index in [1.807, 2.05) is 11.0 Å². The summed E-state index contributed by atoms with van der Waals surface area (Å²) < 4.78 is 5.63. The lowest BCUT2D eigenvalue weighted by Crippen LogP contribution is -2.41. The first-order valence-electron chi connectivity index (χ1n) is 6.87. The van der Waals surface area contributed by atoms with Crippen LogP contribution in [-0.4, -0.2) is 36.6 Å². The number of ether oxygens (including phenoxy) is 1. The Morgan fingerprint density at radius 2 is 2.16 bits per heavy atom. The molecule has 3 heteroatoms. The SMILES string of the molecule is C=CC(=O)N1CC(c2ccccc2)C2COCCC21.